The number of nitrogen functional groups attached to an aromatic ring is 1. The normalized spacial score (nSPS) is 10.6. The summed E-state index contributed by atoms with van der Waals surface area (Å²) in [7, 11) is 0. The van der Waals surface area contributed by atoms with E-state index in [1.54, 1.807) is 0 Å². The van der Waals surface area contributed by atoms with E-state index >= 15 is 0 Å². The number of nitrogens with zero attached hydrogens (tertiary/aromatic N) is 1. The van der Waals surface area contributed by atoms with Crippen molar-refractivity contribution >= 4 is 34.2 Å². The zero-order valence-corrected chi connectivity index (χ0v) is 13.8. The van der Waals surface area contributed by atoms with Gasteiger partial charge >= 0.3 is 6.03 Å². The maximum absolute atomic E-state index is 12.1. The molecule has 0 aliphatic rings. The molecular formula is C20H16N4O2. The Labute approximate surface area is 149 Å². The second kappa shape index (κ2) is 6.60. The Kier molecular flexibility index (Phi) is 3.99. The van der Waals surface area contributed by atoms with Crippen LogP contribution in [0.1, 0.15) is 0 Å². The predicted molar refractivity (Wildman–Crippen MR) is 103 cm³/mol. The molecule has 0 fully saturated rings. The molecule has 0 saturated carbocycles. The largest absolute Gasteiger partial charge is 0.367 e. The van der Waals surface area contributed by atoms with E-state index in [1.807, 2.05) is 72.8 Å². The molecule has 128 valence electrons. The Morgan fingerprint density at radius 2 is 1.54 bits per heavy atom. The van der Waals surface area contributed by atoms with Crippen molar-refractivity contribution in [2.45, 2.75) is 0 Å². The lowest BCUT2D eigenvalue weighted by Crippen LogP contribution is -2.19. The first-order valence-corrected chi connectivity index (χ1v) is 8.08. The smallest absolute Gasteiger partial charge is 0.323 e. The number of amides is 2. The lowest BCUT2D eigenvalue weighted by molar-refractivity contribution is 0.262. The molecule has 1 heterocycles. The predicted octanol–water partition coefficient (Wildman–Crippen LogP) is 4.72. The summed E-state index contributed by atoms with van der Waals surface area (Å²) in [5, 5.41) is 10.3. The third-order valence-corrected chi connectivity index (χ3v) is 4.02. The minimum Gasteiger partial charge on any atom is -0.367 e. The molecule has 1 aromatic heterocycles. The molecule has 0 radical (unpaired) electrons. The standard InChI is InChI=1S/C20H16N4O2/c21-19-18-16(7-4-8-17(18)24-26-19)13-9-11-15(12-10-13)23-20(25)22-14-5-2-1-3-6-14/h1-12H,21H2,(H2,22,23,25). The van der Waals surface area contributed by atoms with Crippen molar-refractivity contribution in [1.29, 1.82) is 0 Å². The summed E-state index contributed by atoms with van der Waals surface area (Å²) in [5.74, 6) is 0.292. The second-order valence-corrected chi connectivity index (χ2v) is 5.77. The van der Waals surface area contributed by atoms with Gasteiger partial charge in [-0.3, -0.25) is 0 Å². The van der Waals surface area contributed by atoms with E-state index in [-0.39, 0.29) is 6.03 Å². The lowest BCUT2D eigenvalue weighted by atomic mass is 10.0. The van der Waals surface area contributed by atoms with Gasteiger partial charge in [0.05, 0.1) is 5.39 Å². The molecule has 26 heavy (non-hydrogen) atoms. The van der Waals surface area contributed by atoms with Gasteiger partial charge in [-0.1, -0.05) is 47.6 Å². The summed E-state index contributed by atoms with van der Waals surface area (Å²) in [4.78, 5) is 12.1. The molecule has 3 aromatic carbocycles. The number of hydrogen-bond donors (Lipinski definition) is 3. The summed E-state index contributed by atoms with van der Waals surface area (Å²) in [6.45, 7) is 0. The molecule has 4 rings (SSSR count). The average molecular weight is 344 g/mol. The Balaban J connectivity index is 1.53. The topological polar surface area (TPSA) is 93.2 Å². The second-order valence-electron chi connectivity index (χ2n) is 5.77. The van der Waals surface area contributed by atoms with Crippen LogP contribution in [0.3, 0.4) is 0 Å². The summed E-state index contributed by atoms with van der Waals surface area (Å²) >= 11 is 0. The average Bonchev–Trinajstić information content (AvgIpc) is 3.04. The van der Waals surface area contributed by atoms with E-state index in [2.05, 4.69) is 15.8 Å². The minimum absolute atomic E-state index is 0.292. The van der Waals surface area contributed by atoms with Crippen LogP contribution in [0.4, 0.5) is 22.1 Å². The fraction of sp³-hybridized carbons (Fsp3) is 0. The first kappa shape index (κ1) is 15.7. The number of hydrogen-bond acceptors (Lipinski definition) is 4. The van der Waals surface area contributed by atoms with E-state index in [0.717, 1.165) is 22.2 Å². The molecule has 0 aliphatic carbocycles. The molecule has 6 heteroatoms. The number of fused-ring (bicyclic) bond motifs is 1. The van der Waals surface area contributed by atoms with Crippen LogP contribution in [-0.2, 0) is 0 Å². The number of carbonyl (C=O) groups excluding carboxylic acids is 1. The van der Waals surface area contributed by atoms with Gasteiger partial charge in [-0.25, -0.2) is 4.79 Å². The molecule has 4 aromatic rings. The van der Waals surface area contributed by atoms with Crippen LogP contribution >= 0.6 is 0 Å². The Morgan fingerprint density at radius 1 is 0.846 bits per heavy atom. The zero-order valence-electron chi connectivity index (χ0n) is 13.8. The Morgan fingerprint density at radius 3 is 2.27 bits per heavy atom. The molecule has 2 amide bonds. The number of benzene rings is 3. The number of anilines is 3. The van der Waals surface area contributed by atoms with E-state index in [1.165, 1.54) is 0 Å². The van der Waals surface area contributed by atoms with Crippen molar-refractivity contribution in [1.82, 2.24) is 5.16 Å². The minimum atomic E-state index is -0.297. The lowest BCUT2D eigenvalue weighted by Gasteiger charge is -2.09. The summed E-state index contributed by atoms with van der Waals surface area (Å²) in [6, 6.07) is 22.2. The van der Waals surface area contributed by atoms with Gasteiger partial charge in [0.15, 0.2) is 0 Å². The Bertz CT molecular complexity index is 1060. The number of urea groups is 1. The van der Waals surface area contributed by atoms with Gasteiger partial charge in [-0.05, 0) is 41.5 Å². The van der Waals surface area contributed by atoms with Crippen LogP contribution in [-0.4, -0.2) is 11.2 Å². The molecule has 0 unspecified atom stereocenters. The zero-order chi connectivity index (χ0) is 17.9. The van der Waals surface area contributed by atoms with Gasteiger partial charge in [-0.2, -0.15) is 0 Å². The fourth-order valence-electron chi connectivity index (χ4n) is 2.81. The first-order chi connectivity index (χ1) is 12.7. The SMILES string of the molecule is Nc1onc2cccc(-c3ccc(NC(=O)Nc4ccccc4)cc3)c12. The third-order valence-electron chi connectivity index (χ3n) is 4.02. The summed E-state index contributed by atoms with van der Waals surface area (Å²) in [6.07, 6.45) is 0. The molecule has 0 spiro atoms. The van der Waals surface area contributed by atoms with Gasteiger partial charge in [0, 0.05) is 11.4 Å². The van der Waals surface area contributed by atoms with Crippen LogP contribution in [0.25, 0.3) is 22.0 Å². The summed E-state index contributed by atoms with van der Waals surface area (Å²) in [5.41, 5.74) is 9.91. The number of nitrogens with two attached hydrogens (primary N) is 1. The van der Waals surface area contributed by atoms with Gasteiger partial charge in [0.1, 0.15) is 5.52 Å². The van der Waals surface area contributed by atoms with Crippen molar-refractivity contribution in [3.63, 3.8) is 0 Å². The number of rotatable bonds is 3. The van der Waals surface area contributed by atoms with E-state index in [4.69, 9.17) is 10.3 Å². The maximum atomic E-state index is 12.1. The fourth-order valence-corrected chi connectivity index (χ4v) is 2.81. The molecule has 0 atom stereocenters. The number of nitrogens with one attached hydrogen (secondary N) is 2. The van der Waals surface area contributed by atoms with Crippen LogP contribution in [0.2, 0.25) is 0 Å². The molecule has 0 saturated heterocycles. The van der Waals surface area contributed by atoms with Crippen LogP contribution in [0.15, 0.2) is 77.3 Å². The highest BCUT2D eigenvalue weighted by Gasteiger charge is 2.11. The van der Waals surface area contributed by atoms with Crippen molar-refractivity contribution in [2.24, 2.45) is 0 Å². The Hall–Kier alpha value is -3.80. The highest BCUT2D eigenvalue weighted by atomic mass is 16.5. The van der Waals surface area contributed by atoms with Crippen molar-refractivity contribution < 1.29 is 9.32 Å². The van der Waals surface area contributed by atoms with Gasteiger partial charge in [0.2, 0.25) is 5.88 Å². The number of aromatic nitrogens is 1. The molecular weight excluding hydrogens is 328 g/mol. The number of para-hydroxylation sites is 1. The highest BCUT2D eigenvalue weighted by molar-refractivity contribution is 6.02. The van der Waals surface area contributed by atoms with E-state index in [9.17, 15) is 4.79 Å². The van der Waals surface area contributed by atoms with Gasteiger partial charge < -0.3 is 20.9 Å². The molecule has 0 bridgehead atoms. The quantitative estimate of drug-likeness (QED) is 0.501. The molecule has 4 N–H and O–H groups in total. The molecule has 0 aliphatic heterocycles. The third kappa shape index (κ3) is 3.08. The van der Waals surface area contributed by atoms with Crippen molar-refractivity contribution in [3.05, 3.63) is 72.8 Å². The highest BCUT2D eigenvalue weighted by Crippen LogP contribution is 2.32. The van der Waals surface area contributed by atoms with Crippen molar-refractivity contribution in [3.8, 4) is 11.1 Å². The van der Waals surface area contributed by atoms with Gasteiger partial charge in [-0.15, -0.1) is 0 Å². The maximum Gasteiger partial charge on any atom is 0.323 e. The van der Waals surface area contributed by atoms with Crippen molar-refractivity contribution in [2.75, 3.05) is 16.4 Å². The van der Waals surface area contributed by atoms with Crippen LogP contribution < -0.4 is 16.4 Å². The number of carbonyl (C=O) groups is 1. The summed E-state index contributed by atoms with van der Waals surface area (Å²) < 4.78 is 5.07. The van der Waals surface area contributed by atoms with E-state index < -0.39 is 0 Å². The monoisotopic (exact) mass is 344 g/mol. The first-order valence-electron chi connectivity index (χ1n) is 8.08. The molecule has 6 nitrogen and oxygen atoms in total. The van der Waals surface area contributed by atoms with E-state index in [0.29, 0.717) is 17.1 Å². The van der Waals surface area contributed by atoms with Gasteiger partial charge in [0.25, 0.3) is 0 Å². The van der Waals surface area contributed by atoms with Crippen LogP contribution in [0.5, 0.6) is 0 Å². The van der Waals surface area contributed by atoms with Crippen LogP contribution in [0, 0.1) is 0 Å².